The third-order valence-corrected chi connectivity index (χ3v) is 5.65. The van der Waals surface area contributed by atoms with Crippen molar-refractivity contribution in [3.05, 3.63) is 77.7 Å². The molecule has 0 fully saturated rings. The molecule has 2 heterocycles. The average molecular weight is 457 g/mol. The number of rotatable bonds is 6. The van der Waals surface area contributed by atoms with Crippen LogP contribution in [0.5, 0.6) is 0 Å². The molecule has 4 aromatic rings. The Bertz CT molecular complexity index is 1370. The number of nitrogens with zero attached hydrogens (tertiary/aromatic N) is 3. The van der Waals surface area contributed by atoms with Crippen LogP contribution in [0, 0.1) is 0 Å². The van der Waals surface area contributed by atoms with Gasteiger partial charge in [0.2, 0.25) is 0 Å². The molecule has 2 aromatic carbocycles. The van der Waals surface area contributed by atoms with E-state index < -0.39 is 0 Å². The second-order valence-corrected chi connectivity index (χ2v) is 8.73. The van der Waals surface area contributed by atoms with E-state index in [9.17, 15) is 9.59 Å². The van der Waals surface area contributed by atoms with Crippen LogP contribution < -0.4 is 16.4 Å². The summed E-state index contributed by atoms with van der Waals surface area (Å²) in [5.74, 6) is 0.298. The van der Waals surface area contributed by atoms with Gasteiger partial charge in [-0.15, -0.1) is 0 Å². The number of benzene rings is 2. The molecule has 0 saturated heterocycles. The molecule has 2 aromatic heterocycles. The fourth-order valence-corrected chi connectivity index (χ4v) is 3.97. The summed E-state index contributed by atoms with van der Waals surface area (Å²) in [4.78, 5) is 34.5. The van der Waals surface area contributed by atoms with Crippen molar-refractivity contribution in [2.75, 3.05) is 16.4 Å². The number of nitrogen functional groups attached to an aromatic ring is 1. The Hall–Kier alpha value is -4.20. The highest BCUT2D eigenvalue weighted by Gasteiger charge is 2.21. The summed E-state index contributed by atoms with van der Waals surface area (Å²) < 4.78 is 1.91. The van der Waals surface area contributed by atoms with Crippen molar-refractivity contribution in [3.63, 3.8) is 0 Å². The van der Waals surface area contributed by atoms with Crippen molar-refractivity contribution in [3.8, 4) is 0 Å². The average Bonchev–Trinajstić information content (AvgIpc) is 3.20. The fourth-order valence-electron chi connectivity index (χ4n) is 3.97. The highest BCUT2D eigenvalue weighted by atomic mass is 16.2. The number of carbonyl (C=O) groups excluding carboxylic acids is 2. The Morgan fingerprint density at radius 1 is 0.971 bits per heavy atom. The SMILES string of the molecule is CC(C)c1ccccc1NC(=O)Nc1cccc(C(=O)c2cn(C(C)C)c3ncnc(N)c23)c1. The summed E-state index contributed by atoms with van der Waals surface area (Å²) in [6.45, 7) is 8.16. The van der Waals surface area contributed by atoms with Crippen molar-refractivity contribution in [1.29, 1.82) is 0 Å². The zero-order chi connectivity index (χ0) is 24.4. The van der Waals surface area contributed by atoms with E-state index in [1.165, 1.54) is 6.33 Å². The van der Waals surface area contributed by atoms with Crippen LogP contribution in [-0.4, -0.2) is 26.3 Å². The van der Waals surface area contributed by atoms with E-state index in [-0.39, 0.29) is 29.6 Å². The van der Waals surface area contributed by atoms with Gasteiger partial charge >= 0.3 is 6.03 Å². The maximum Gasteiger partial charge on any atom is 0.323 e. The fraction of sp³-hybridized carbons (Fsp3) is 0.231. The Kier molecular flexibility index (Phi) is 6.32. The van der Waals surface area contributed by atoms with Crippen molar-refractivity contribution in [1.82, 2.24) is 14.5 Å². The topological polar surface area (TPSA) is 115 Å². The van der Waals surface area contributed by atoms with Gasteiger partial charge in [0.1, 0.15) is 17.8 Å². The van der Waals surface area contributed by atoms with Gasteiger partial charge in [0.25, 0.3) is 0 Å². The Morgan fingerprint density at radius 3 is 2.47 bits per heavy atom. The summed E-state index contributed by atoms with van der Waals surface area (Å²) in [5.41, 5.74) is 9.86. The van der Waals surface area contributed by atoms with Gasteiger partial charge in [-0.3, -0.25) is 4.79 Å². The predicted octanol–water partition coefficient (Wildman–Crippen LogP) is 5.59. The number of hydrogen-bond donors (Lipinski definition) is 3. The van der Waals surface area contributed by atoms with Crippen LogP contribution >= 0.6 is 0 Å². The molecule has 174 valence electrons. The standard InChI is InChI=1S/C26H28N6O2/c1-15(2)19-10-5-6-11-21(19)31-26(34)30-18-9-7-8-17(12-18)23(33)20-13-32(16(3)4)25-22(20)24(27)28-14-29-25/h5-16H,1-4H3,(H2,27,28,29)(H2,30,31,34). The first-order chi connectivity index (χ1) is 16.3. The molecule has 2 amide bonds. The Balaban J connectivity index is 1.60. The van der Waals surface area contributed by atoms with Crippen LogP contribution in [0.25, 0.3) is 11.0 Å². The lowest BCUT2D eigenvalue weighted by molar-refractivity contribution is 0.104. The molecular weight excluding hydrogens is 428 g/mol. The molecule has 4 N–H and O–H groups in total. The molecule has 0 aliphatic heterocycles. The second kappa shape index (κ2) is 9.35. The zero-order valence-electron chi connectivity index (χ0n) is 19.7. The van der Waals surface area contributed by atoms with Gasteiger partial charge in [-0.1, -0.05) is 44.2 Å². The van der Waals surface area contributed by atoms with Crippen LogP contribution in [0.2, 0.25) is 0 Å². The van der Waals surface area contributed by atoms with Crippen molar-refractivity contribution >= 4 is 40.0 Å². The minimum absolute atomic E-state index is 0.0868. The number of urea groups is 1. The normalized spacial score (nSPS) is 11.2. The molecule has 0 aliphatic carbocycles. The van der Waals surface area contributed by atoms with Crippen LogP contribution in [0.4, 0.5) is 22.0 Å². The number of nitrogens with one attached hydrogen (secondary N) is 2. The van der Waals surface area contributed by atoms with E-state index in [4.69, 9.17) is 5.73 Å². The third-order valence-electron chi connectivity index (χ3n) is 5.65. The van der Waals surface area contributed by atoms with Gasteiger partial charge in [0, 0.05) is 29.2 Å². The number of nitrogens with two attached hydrogens (primary N) is 1. The number of carbonyl (C=O) groups is 2. The van der Waals surface area contributed by atoms with Crippen LogP contribution in [0.1, 0.15) is 61.1 Å². The summed E-state index contributed by atoms with van der Waals surface area (Å²) in [5, 5.41) is 6.25. The van der Waals surface area contributed by atoms with Gasteiger partial charge in [0.15, 0.2) is 5.78 Å². The second-order valence-electron chi connectivity index (χ2n) is 8.73. The van der Waals surface area contributed by atoms with Gasteiger partial charge in [-0.05, 0) is 43.5 Å². The number of fused-ring (bicyclic) bond motifs is 1. The van der Waals surface area contributed by atoms with E-state index in [1.54, 1.807) is 30.5 Å². The molecule has 0 bridgehead atoms. The van der Waals surface area contributed by atoms with Gasteiger partial charge in [-0.2, -0.15) is 0 Å². The summed E-state index contributed by atoms with van der Waals surface area (Å²) in [6.07, 6.45) is 3.16. The van der Waals surface area contributed by atoms with Crippen molar-refractivity contribution in [2.45, 2.75) is 39.7 Å². The molecule has 0 aliphatic rings. The van der Waals surface area contributed by atoms with E-state index in [0.717, 1.165) is 11.3 Å². The molecule has 0 atom stereocenters. The number of hydrogen-bond acceptors (Lipinski definition) is 5. The molecule has 0 saturated carbocycles. The largest absolute Gasteiger partial charge is 0.383 e. The number of ketones is 1. The lowest BCUT2D eigenvalue weighted by Gasteiger charge is -2.14. The van der Waals surface area contributed by atoms with E-state index in [1.807, 2.05) is 42.7 Å². The zero-order valence-corrected chi connectivity index (χ0v) is 19.7. The minimum Gasteiger partial charge on any atom is -0.383 e. The molecule has 0 spiro atoms. The number of aromatic nitrogens is 3. The number of amides is 2. The highest BCUT2D eigenvalue weighted by molar-refractivity contribution is 6.18. The summed E-state index contributed by atoms with van der Waals surface area (Å²) in [6, 6.07) is 14.2. The monoisotopic (exact) mass is 456 g/mol. The molecule has 0 radical (unpaired) electrons. The molecule has 8 heteroatoms. The number of anilines is 3. The Labute approximate surface area is 198 Å². The van der Waals surface area contributed by atoms with Crippen LogP contribution in [-0.2, 0) is 0 Å². The van der Waals surface area contributed by atoms with E-state index in [0.29, 0.717) is 27.8 Å². The van der Waals surface area contributed by atoms with Gasteiger partial charge < -0.3 is 20.9 Å². The minimum atomic E-state index is -0.383. The molecule has 8 nitrogen and oxygen atoms in total. The quantitative estimate of drug-likeness (QED) is 0.327. The smallest absolute Gasteiger partial charge is 0.323 e. The van der Waals surface area contributed by atoms with Crippen molar-refractivity contribution in [2.24, 2.45) is 0 Å². The predicted molar refractivity (Wildman–Crippen MR) is 135 cm³/mol. The maximum absolute atomic E-state index is 13.4. The first kappa shape index (κ1) is 23.0. The summed E-state index contributed by atoms with van der Waals surface area (Å²) >= 11 is 0. The lowest BCUT2D eigenvalue weighted by atomic mass is 10.0. The van der Waals surface area contributed by atoms with Crippen LogP contribution in [0.15, 0.2) is 61.1 Å². The molecule has 0 unspecified atom stereocenters. The first-order valence-electron chi connectivity index (χ1n) is 11.2. The van der Waals surface area contributed by atoms with Crippen LogP contribution in [0.3, 0.4) is 0 Å². The van der Waals surface area contributed by atoms with Gasteiger partial charge in [-0.25, -0.2) is 14.8 Å². The summed E-state index contributed by atoms with van der Waals surface area (Å²) in [7, 11) is 0. The molecule has 4 rings (SSSR count). The highest BCUT2D eigenvalue weighted by Crippen LogP contribution is 2.29. The maximum atomic E-state index is 13.4. The first-order valence-corrected chi connectivity index (χ1v) is 11.2. The molecule has 34 heavy (non-hydrogen) atoms. The number of para-hydroxylation sites is 1. The molecular formula is C26H28N6O2. The van der Waals surface area contributed by atoms with E-state index >= 15 is 0 Å². The van der Waals surface area contributed by atoms with Crippen molar-refractivity contribution < 1.29 is 9.59 Å². The van der Waals surface area contributed by atoms with Gasteiger partial charge in [0.05, 0.1) is 10.9 Å². The lowest BCUT2D eigenvalue weighted by Crippen LogP contribution is -2.20. The third kappa shape index (κ3) is 4.47. The Morgan fingerprint density at radius 2 is 1.74 bits per heavy atom. The van der Waals surface area contributed by atoms with E-state index in [2.05, 4.69) is 34.4 Å².